The normalized spacial score (nSPS) is 14.0. The first-order valence-corrected chi connectivity index (χ1v) is 17.2. The molecule has 0 fully saturated rings. The number of carbonyl (C=O) groups is 1. The Balaban J connectivity index is 1.68. The second kappa shape index (κ2) is 14.8. The zero-order valence-corrected chi connectivity index (χ0v) is 25.1. The number of halogens is 2. The van der Waals surface area contributed by atoms with Crippen molar-refractivity contribution in [2.75, 3.05) is 13.1 Å². The monoisotopic (exact) mass is 676 g/mol. The summed E-state index contributed by atoms with van der Waals surface area (Å²) in [6, 6.07) is 15.3. The number of benzene rings is 3. The average Bonchev–Trinajstić information content (AvgIpc) is 2.97. The lowest BCUT2D eigenvalue weighted by Gasteiger charge is -2.19. The lowest BCUT2D eigenvalue weighted by atomic mass is 10.1. The summed E-state index contributed by atoms with van der Waals surface area (Å²) in [4.78, 5) is 31.9. The SMILES string of the molecule is O=C(NCCCNS(=O)(=O)c1ccccc1[N+](=O)[O-])[C@H](Cc1ccc(OP(=O)(O)C(F)F)cc1)NS(=O)(=O)c1ccccc1. The summed E-state index contributed by atoms with van der Waals surface area (Å²) in [6.45, 7) is -0.335. The van der Waals surface area contributed by atoms with Crippen molar-refractivity contribution in [3.63, 3.8) is 0 Å². The molecule has 0 saturated carbocycles. The number of nitro benzene ring substituents is 1. The van der Waals surface area contributed by atoms with Gasteiger partial charge < -0.3 is 14.7 Å². The van der Waals surface area contributed by atoms with Crippen LogP contribution >= 0.6 is 7.60 Å². The van der Waals surface area contributed by atoms with Crippen LogP contribution in [0.2, 0.25) is 0 Å². The van der Waals surface area contributed by atoms with Crippen molar-refractivity contribution in [1.82, 2.24) is 14.8 Å². The quantitative estimate of drug-likeness (QED) is 0.0754. The van der Waals surface area contributed by atoms with Gasteiger partial charge in [0.25, 0.3) is 5.69 Å². The highest BCUT2D eigenvalue weighted by Crippen LogP contribution is 2.48. The Labute approximate surface area is 251 Å². The maximum atomic E-state index is 13.1. The molecule has 0 heterocycles. The van der Waals surface area contributed by atoms with Gasteiger partial charge in [0.1, 0.15) is 11.8 Å². The van der Waals surface area contributed by atoms with Crippen LogP contribution in [-0.2, 0) is 35.8 Å². The molecule has 3 aromatic rings. The van der Waals surface area contributed by atoms with Gasteiger partial charge in [-0.25, -0.2) is 26.1 Å². The van der Waals surface area contributed by atoms with Crippen LogP contribution in [0.5, 0.6) is 5.75 Å². The van der Waals surface area contributed by atoms with Crippen LogP contribution in [-0.4, -0.2) is 57.9 Å². The molecule has 0 spiro atoms. The Bertz CT molecular complexity index is 1730. The number of nitrogens with one attached hydrogen (secondary N) is 3. The summed E-state index contributed by atoms with van der Waals surface area (Å²) < 4.78 is 96.7. The number of rotatable bonds is 16. The number of para-hydroxylation sites is 1. The van der Waals surface area contributed by atoms with Crippen LogP contribution in [0.25, 0.3) is 0 Å². The van der Waals surface area contributed by atoms with Crippen LogP contribution in [0.3, 0.4) is 0 Å². The highest BCUT2D eigenvalue weighted by Gasteiger charge is 2.34. The minimum atomic E-state index is -5.22. The van der Waals surface area contributed by atoms with Crippen LogP contribution in [0.15, 0.2) is 88.7 Å². The van der Waals surface area contributed by atoms with Gasteiger partial charge in [-0.1, -0.05) is 42.5 Å². The maximum absolute atomic E-state index is 13.1. The van der Waals surface area contributed by atoms with Gasteiger partial charge in [-0.15, -0.1) is 0 Å². The number of hydrogen-bond donors (Lipinski definition) is 4. The molecular formula is C25H27F2N4O10PS2. The molecule has 0 saturated heterocycles. The summed E-state index contributed by atoms with van der Waals surface area (Å²) in [6.07, 6.45) is -3.84. The van der Waals surface area contributed by atoms with Crippen LogP contribution in [0, 0.1) is 10.1 Å². The first-order chi connectivity index (χ1) is 20.6. The third-order valence-electron chi connectivity index (χ3n) is 5.81. The number of carbonyl (C=O) groups excluding carboxylic acids is 1. The number of alkyl halides is 2. The van der Waals surface area contributed by atoms with Crippen molar-refractivity contribution < 1.29 is 49.3 Å². The largest absolute Gasteiger partial charge is 0.442 e. The molecule has 0 radical (unpaired) electrons. The van der Waals surface area contributed by atoms with Crippen molar-refractivity contribution in [1.29, 1.82) is 0 Å². The zero-order valence-electron chi connectivity index (χ0n) is 22.6. The van der Waals surface area contributed by atoms with E-state index >= 15 is 0 Å². The van der Waals surface area contributed by atoms with Crippen molar-refractivity contribution in [3.05, 3.63) is 94.5 Å². The van der Waals surface area contributed by atoms with Crippen LogP contribution in [0.1, 0.15) is 12.0 Å². The Morgan fingerprint density at radius 2 is 1.55 bits per heavy atom. The second-order valence-corrected chi connectivity index (χ2v) is 14.2. The van der Waals surface area contributed by atoms with Gasteiger partial charge in [0.05, 0.1) is 9.82 Å². The van der Waals surface area contributed by atoms with Crippen molar-refractivity contribution in [2.45, 2.75) is 34.8 Å². The molecule has 3 rings (SSSR count). The summed E-state index contributed by atoms with van der Waals surface area (Å²) in [5, 5.41) is 13.7. The molecule has 0 aliphatic rings. The lowest BCUT2D eigenvalue weighted by Crippen LogP contribution is -2.48. The first-order valence-electron chi connectivity index (χ1n) is 12.6. The van der Waals surface area contributed by atoms with E-state index in [9.17, 15) is 50.0 Å². The van der Waals surface area contributed by atoms with Crippen molar-refractivity contribution >= 4 is 39.2 Å². The molecule has 3 aromatic carbocycles. The Morgan fingerprint density at radius 3 is 2.16 bits per heavy atom. The van der Waals surface area contributed by atoms with Gasteiger partial charge in [-0.05, 0) is 48.7 Å². The Morgan fingerprint density at radius 1 is 0.932 bits per heavy atom. The predicted octanol–water partition coefficient (Wildman–Crippen LogP) is 2.76. The number of amides is 1. The summed E-state index contributed by atoms with van der Waals surface area (Å²) in [5.41, 5.74) is -0.281. The van der Waals surface area contributed by atoms with E-state index in [0.29, 0.717) is 5.56 Å². The topological polar surface area (TPSA) is 211 Å². The minimum absolute atomic E-state index is 0.0289. The number of sulfonamides is 2. The fourth-order valence-corrected chi connectivity index (χ4v) is 6.66. The van der Waals surface area contributed by atoms with E-state index in [1.165, 1.54) is 48.5 Å². The van der Waals surface area contributed by atoms with E-state index in [1.54, 1.807) is 6.07 Å². The molecule has 0 aliphatic heterocycles. The Hall–Kier alpha value is -3.80. The van der Waals surface area contributed by atoms with Crippen molar-refractivity contribution in [3.8, 4) is 5.75 Å². The third-order valence-corrected chi connectivity index (χ3v) is 9.77. The van der Waals surface area contributed by atoms with Crippen molar-refractivity contribution in [2.24, 2.45) is 0 Å². The van der Waals surface area contributed by atoms with Gasteiger partial charge in [-0.3, -0.25) is 14.9 Å². The second-order valence-electron chi connectivity index (χ2n) is 9.04. The fraction of sp³-hybridized carbons (Fsp3) is 0.240. The highest BCUT2D eigenvalue weighted by molar-refractivity contribution is 7.89. The van der Waals surface area contributed by atoms with Gasteiger partial charge in [0.2, 0.25) is 26.0 Å². The molecule has 44 heavy (non-hydrogen) atoms. The minimum Gasteiger partial charge on any atom is -0.421 e. The Kier molecular flexibility index (Phi) is 11.7. The molecule has 2 atom stereocenters. The standard InChI is InChI=1S/C25H27F2N4O10PS2/c26-25(27)42(35,36)41-19-13-11-18(12-14-19)17-21(30-43(37,38)20-7-2-1-3-8-20)24(32)28-15-6-16-29-44(39,40)23-10-5-4-9-22(23)31(33)34/h1-5,7-14,21,25,29-30H,6,15-17H2,(H,28,32)(H,35,36)/t21-/m0/s1. The third kappa shape index (κ3) is 9.60. The number of nitrogens with zero attached hydrogens (tertiary/aromatic N) is 1. The van der Waals surface area contributed by atoms with E-state index < -0.39 is 61.3 Å². The molecule has 1 unspecified atom stereocenters. The van der Waals surface area contributed by atoms with E-state index in [0.717, 1.165) is 24.3 Å². The molecule has 0 aromatic heterocycles. The zero-order chi connectivity index (χ0) is 32.5. The van der Waals surface area contributed by atoms with Gasteiger partial charge >= 0.3 is 13.8 Å². The fourth-order valence-electron chi connectivity index (χ4n) is 3.70. The molecular weight excluding hydrogens is 649 g/mol. The predicted molar refractivity (Wildman–Crippen MR) is 153 cm³/mol. The number of nitro groups is 1. The summed E-state index contributed by atoms with van der Waals surface area (Å²) >= 11 is 0. The molecule has 0 aliphatic carbocycles. The molecule has 1 amide bonds. The number of hydrogen-bond acceptors (Lipinski definition) is 9. The van der Waals surface area contributed by atoms with E-state index in [2.05, 4.69) is 19.3 Å². The summed E-state index contributed by atoms with van der Waals surface area (Å²) in [5.74, 6) is -1.14. The van der Waals surface area contributed by atoms with Gasteiger partial charge in [-0.2, -0.15) is 13.5 Å². The lowest BCUT2D eigenvalue weighted by molar-refractivity contribution is -0.387. The van der Waals surface area contributed by atoms with Gasteiger partial charge in [0, 0.05) is 19.2 Å². The van der Waals surface area contributed by atoms with Gasteiger partial charge in [0.15, 0.2) is 4.90 Å². The molecule has 14 nitrogen and oxygen atoms in total. The van der Waals surface area contributed by atoms with E-state index in [1.807, 2.05) is 0 Å². The first kappa shape index (κ1) is 34.7. The van der Waals surface area contributed by atoms with Crippen LogP contribution < -0.4 is 19.3 Å². The average molecular weight is 677 g/mol. The molecule has 19 heteroatoms. The smallest absolute Gasteiger partial charge is 0.421 e. The molecule has 238 valence electrons. The van der Waals surface area contributed by atoms with E-state index in [4.69, 9.17) is 0 Å². The molecule has 4 N–H and O–H groups in total. The van der Waals surface area contributed by atoms with Crippen LogP contribution in [0.4, 0.5) is 14.5 Å². The highest BCUT2D eigenvalue weighted by atomic mass is 32.2. The maximum Gasteiger partial charge on any atom is 0.442 e. The summed E-state index contributed by atoms with van der Waals surface area (Å²) in [7, 11) is -13.7. The molecule has 0 bridgehead atoms. The van der Waals surface area contributed by atoms with E-state index in [-0.39, 0.29) is 36.6 Å².